The zero-order valence-corrected chi connectivity index (χ0v) is 21.8. The molecule has 3 aliphatic heterocycles. The average molecular weight is 549 g/mol. The van der Waals surface area contributed by atoms with E-state index in [1.807, 2.05) is 40.1 Å². The van der Waals surface area contributed by atoms with Crippen molar-refractivity contribution in [3.63, 3.8) is 0 Å². The van der Waals surface area contributed by atoms with Crippen LogP contribution < -0.4 is 21.1 Å². The molecule has 39 heavy (non-hydrogen) atoms. The van der Waals surface area contributed by atoms with Crippen LogP contribution in [0.25, 0.3) is 0 Å². The Hall–Kier alpha value is -2.86. The van der Waals surface area contributed by atoms with Crippen molar-refractivity contribution in [2.24, 2.45) is 11.8 Å². The molecule has 5 aliphatic rings. The van der Waals surface area contributed by atoms with Crippen LogP contribution in [0.2, 0.25) is 0 Å². The number of nitrogens with one attached hydrogen (secondary N) is 3. The summed E-state index contributed by atoms with van der Waals surface area (Å²) in [5.74, 6) is -0.503. The van der Waals surface area contributed by atoms with Gasteiger partial charge in [-0.2, -0.15) is 13.2 Å². The van der Waals surface area contributed by atoms with Gasteiger partial charge in [0.2, 0.25) is 11.8 Å². The van der Waals surface area contributed by atoms with Crippen molar-refractivity contribution < 1.29 is 27.6 Å². The molecule has 3 N–H and O–H groups in total. The number of halogens is 3. The van der Waals surface area contributed by atoms with Gasteiger partial charge in [0.1, 0.15) is 17.6 Å². The first-order valence-electron chi connectivity index (χ1n) is 13.9. The Morgan fingerprint density at radius 3 is 2.44 bits per heavy atom. The normalized spacial score (nSPS) is 29.5. The SMILES string of the molecule is O=C(CN1CN(c2ccccc2)C2(CCN(C(=O)C3CCC4NNCC4C3)CC2)C1=O)NC1(C(F)(F)F)CC1. The highest BCUT2D eigenvalue weighted by Crippen LogP contribution is 2.49. The molecule has 3 saturated heterocycles. The van der Waals surface area contributed by atoms with Crippen molar-refractivity contribution in [2.45, 2.75) is 68.2 Å². The van der Waals surface area contributed by atoms with Crippen LogP contribution in [0, 0.1) is 11.8 Å². The van der Waals surface area contributed by atoms with Gasteiger partial charge >= 0.3 is 6.18 Å². The van der Waals surface area contributed by atoms with E-state index >= 15 is 0 Å². The fraction of sp³-hybridized carbons (Fsp3) is 0.667. The first-order chi connectivity index (χ1) is 18.6. The van der Waals surface area contributed by atoms with Gasteiger partial charge in [0.05, 0.1) is 6.67 Å². The van der Waals surface area contributed by atoms with Gasteiger partial charge in [-0.05, 0) is 63.0 Å². The number of hydrogen-bond donors (Lipinski definition) is 3. The van der Waals surface area contributed by atoms with Crippen LogP contribution in [0.3, 0.4) is 0 Å². The number of fused-ring (bicyclic) bond motifs is 1. The van der Waals surface area contributed by atoms with Crippen LogP contribution in [0.15, 0.2) is 30.3 Å². The van der Waals surface area contributed by atoms with Crippen molar-refractivity contribution >= 4 is 23.4 Å². The van der Waals surface area contributed by atoms with E-state index in [2.05, 4.69) is 16.2 Å². The fourth-order valence-corrected chi connectivity index (χ4v) is 6.99. The number of amides is 3. The summed E-state index contributed by atoms with van der Waals surface area (Å²) in [5.41, 5.74) is 4.18. The monoisotopic (exact) mass is 548 g/mol. The molecule has 9 nitrogen and oxygen atoms in total. The summed E-state index contributed by atoms with van der Waals surface area (Å²) in [6.45, 7) is 1.38. The second-order valence-corrected chi connectivity index (χ2v) is 11.8. The molecule has 3 heterocycles. The summed E-state index contributed by atoms with van der Waals surface area (Å²) in [4.78, 5) is 45.1. The Morgan fingerprint density at radius 2 is 1.77 bits per heavy atom. The molecule has 2 aliphatic carbocycles. The molecule has 2 saturated carbocycles. The van der Waals surface area contributed by atoms with Crippen molar-refractivity contribution in [3.8, 4) is 0 Å². The molecule has 1 aromatic carbocycles. The van der Waals surface area contributed by atoms with Crippen LogP contribution >= 0.6 is 0 Å². The third-order valence-electron chi connectivity index (χ3n) is 9.47. The van der Waals surface area contributed by atoms with Gasteiger partial charge in [0, 0.05) is 37.3 Å². The van der Waals surface area contributed by atoms with Gasteiger partial charge in [-0.15, -0.1) is 0 Å². The number of para-hydroxylation sites is 1. The molecule has 0 radical (unpaired) electrons. The molecule has 12 heteroatoms. The van der Waals surface area contributed by atoms with Crippen molar-refractivity contribution in [1.29, 1.82) is 0 Å². The summed E-state index contributed by atoms with van der Waals surface area (Å²) in [7, 11) is 0. The molecule has 6 rings (SSSR count). The van der Waals surface area contributed by atoms with E-state index in [4.69, 9.17) is 0 Å². The number of alkyl halides is 3. The minimum atomic E-state index is -4.52. The van der Waals surface area contributed by atoms with E-state index in [1.165, 1.54) is 4.90 Å². The second-order valence-electron chi connectivity index (χ2n) is 11.8. The summed E-state index contributed by atoms with van der Waals surface area (Å²) >= 11 is 0. The van der Waals surface area contributed by atoms with Crippen LogP contribution in [0.4, 0.5) is 18.9 Å². The number of carbonyl (C=O) groups excluding carboxylic acids is 3. The highest BCUT2D eigenvalue weighted by Gasteiger charge is 2.64. The molecule has 3 amide bonds. The highest BCUT2D eigenvalue weighted by molar-refractivity contribution is 5.96. The summed E-state index contributed by atoms with van der Waals surface area (Å²) in [5, 5.41) is 2.14. The predicted octanol–water partition coefficient (Wildman–Crippen LogP) is 1.76. The van der Waals surface area contributed by atoms with Gasteiger partial charge < -0.3 is 20.0 Å². The molecule has 212 valence electrons. The molecule has 0 aromatic heterocycles. The van der Waals surface area contributed by atoms with Gasteiger partial charge in [0.15, 0.2) is 0 Å². The number of likely N-dealkylation sites (tertiary alicyclic amines) is 1. The number of nitrogens with zero attached hydrogens (tertiary/aromatic N) is 3. The Morgan fingerprint density at radius 1 is 1.05 bits per heavy atom. The smallest absolute Gasteiger partial charge is 0.342 e. The predicted molar refractivity (Wildman–Crippen MR) is 136 cm³/mol. The topological polar surface area (TPSA) is 97.0 Å². The van der Waals surface area contributed by atoms with Crippen LogP contribution in [0.1, 0.15) is 44.9 Å². The molecule has 5 fully saturated rings. The second kappa shape index (κ2) is 9.65. The first-order valence-corrected chi connectivity index (χ1v) is 13.9. The molecular weight excluding hydrogens is 513 g/mol. The highest BCUT2D eigenvalue weighted by atomic mass is 19.4. The lowest BCUT2D eigenvalue weighted by molar-refractivity contribution is -0.170. The zero-order chi connectivity index (χ0) is 27.4. The maximum Gasteiger partial charge on any atom is 0.411 e. The third kappa shape index (κ3) is 4.65. The van der Waals surface area contributed by atoms with E-state index in [1.54, 1.807) is 0 Å². The van der Waals surface area contributed by atoms with Gasteiger partial charge in [0.25, 0.3) is 5.91 Å². The minimum Gasteiger partial charge on any atom is -0.342 e. The average Bonchev–Trinajstić information content (AvgIpc) is 3.49. The van der Waals surface area contributed by atoms with E-state index in [9.17, 15) is 27.6 Å². The summed E-state index contributed by atoms with van der Waals surface area (Å²) < 4.78 is 40.1. The number of hydrogen-bond acceptors (Lipinski definition) is 6. The van der Waals surface area contributed by atoms with Crippen LogP contribution in [-0.2, 0) is 14.4 Å². The zero-order valence-electron chi connectivity index (χ0n) is 21.8. The Balaban J connectivity index is 1.15. The fourth-order valence-electron chi connectivity index (χ4n) is 6.99. The number of carbonyl (C=O) groups is 3. The molecule has 1 spiro atoms. The first kappa shape index (κ1) is 26.4. The maximum absolute atomic E-state index is 13.8. The lowest BCUT2D eigenvalue weighted by Gasteiger charge is -2.44. The number of hydrazine groups is 1. The lowest BCUT2D eigenvalue weighted by Crippen LogP contribution is -2.58. The maximum atomic E-state index is 13.8. The lowest BCUT2D eigenvalue weighted by atomic mass is 9.77. The number of piperidine rings is 1. The van der Waals surface area contributed by atoms with Gasteiger partial charge in [-0.3, -0.25) is 25.2 Å². The van der Waals surface area contributed by atoms with E-state index in [0.717, 1.165) is 31.5 Å². The van der Waals surface area contributed by atoms with E-state index in [-0.39, 0.29) is 37.2 Å². The number of rotatable bonds is 5. The van der Waals surface area contributed by atoms with Crippen molar-refractivity contribution in [3.05, 3.63) is 30.3 Å². The standard InChI is InChI=1S/C27H35F3N6O3/c28-27(29,30)26(8-9-26)32-22(37)16-35-17-36(20-4-2-1-3-5-20)25(24(35)39)10-12-34(13-11-25)23(38)18-6-7-21-19(14-18)15-31-33-21/h1-5,18-19,21,31,33H,6-17H2,(H,32,37). The van der Waals surface area contributed by atoms with Gasteiger partial charge in [-0.25, -0.2) is 0 Å². The van der Waals surface area contributed by atoms with Crippen molar-refractivity contribution in [2.75, 3.05) is 37.7 Å². The molecule has 1 aromatic rings. The molecule has 0 bridgehead atoms. The van der Waals surface area contributed by atoms with Gasteiger partial charge in [-0.1, -0.05) is 18.2 Å². The van der Waals surface area contributed by atoms with E-state index in [0.29, 0.717) is 37.9 Å². The molecule has 3 atom stereocenters. The molecular formula is C27H35F3N6O3. The Labute approximate surface area is 225 Å². The summed E-state index contributed by atoms with van der Waals surface area (Å²) in [6, 6.07) is 9.80. The van der Waals surface area contributed by atoms with Crippen LogP contribution in [-0.4, -0.2) is 83.7 Å². The minimum absolute atomic E-state index is 0.0184. The van der Waals surface area contributed by atoms with Crippen molar-refractivity contribution in [1.82, 2.24) is 26.0 Å². The Bertz CT molecular complexity index is 1120. The number of anilines is 1. The molecule has 3 unspecified atom stereocenters. The Kier molecular flexibility index (Phi) is 6.53. The quantitative estimate of drug-likeness (QED) is 0.519. The van der Waals surface area contributed by atoms with E-state index < -0.39 is 29.7 Å². The third-order valence-corrected chi connectivity index (χ3v) is 9.47. The number of benzene rings is 1. The summed E-state index contributed by atoms with van der Waals surface area (Å²) in [6.07, 6.45) is -1.35. The largest absolute Gasteiger partial charge is 0.411 e. The van der Waals surface area contributed by atoms with Crippen LogP contribution in [0.5, 0.6) is 0 Å².